The van der Waals surface area contributed by atoms with Gasteiger partial charge in [-0.1, -0.05) is 30.3 Å². The van der Waals surface area contributed by atoms with Crippen molar-refractivity contribution < 1.29 is 4.79 Å². The van der Waals surface area contributed by atoms with Gasteiger partial charge in [-0.3, -0.25) is 4.79 Å². The molecule has 0 N–H and O–H groups in total. The van der Waals surface area contributed by atoms with Gasteiger partial charge in [-0.25, -0.2) is 4.99 Å². The van der Waals surface area contributed by atoms with Gasteiger partial charge in [0.15, 0.2) is 0 Å². The van der Waals surface area contributed by atoms with Crippen LogP contribution in [0.4, 0.5) is 0 Å². The van der Waals surface area contributed by atoms with Crippen LogP contribution in [0.3, 0.4) is 0 Å². The van der Waals surface area contributed by atoms with Gasteiger partial charge in [-0.05, 0) is 17.2 Å². The van der Waals surface area contributed by atoms with E-state index in [1.165, 1.54) is 0 Å². The Bertz CT molecular complexity index is 376. The van der Waals surface area contributed by atoms with Crippen LogP contribution < -0.4 is 0 Å². The molecule has 2 nitrogen and oxygen atoms in total. The van der Waals surface area contributed by atoms with Crippen molar-refractivity contribution in [1.82, 2.24) is 0 Å². The Morgan fingerprint density at radius 2 is 1.92 bits per heavy atom. The monoisotopic (exact) mass is 171 g/mol. The molecule has 1 aromatic rings. The predicted molar refractivity (Wildman–Crippen MR) is 52.5 cm³/mol. The van der Waals surface area contributed by atoms with Crippen molar-refractivity contribution in [2.75, 3.05) is 0 Å². The van der Waals surface area contributed by atoms with E-state index in [0.717, 1.165) is 11.1 Å². The fraction of sp³-hybridized carbons (Fsp3) is 0.0909. The number of aliphatic imine (C=N–C) groups is 1. The molecule has 0 atom stereocenters. The minimum absolute atomic E-state index is 0.0682. The molecule has 13 heavy (non-hydrogen) atoms. The minimum Gasteiger partial charge on any atom is -0.272 e. The topological polar surface area (TPSA) is 29.4 Å². The lowest BCUT2D eigenvalue weighted by Crippen LogP contribution is -2.00. The van der Waals surface area contributed by atoms with E-state index in [2.05, 4.69) is 4.99 Å². The molecule has 2 rings (SSSR count). The number of carbonyl (C=O) groups is 1. The molecule has 0 fully saturated rings. The summed E-state index contributed by atoms with van der Waals surface area (Å²) in [6.07, 6.45) is 3.87. The zero-order valence-corrected chi connectivity index (χ0v) is 7.10. The SMILES string of the molecule is O=C1CC(c2ccccc2)=CC=N1. The van der Waals surface area contributed by atoms with Gasteiger partial charge < -0.3 is 0 Å². The van der Waals surface area contributed by atoms with Crippen molar-refractivity contribution in [2.45, 2.75) is 6.42 Å². The van der Waals surface area contributed by atoms with Crippen LogP contribution in [0.5, 0.6) is 0 Å². The highest BCUT2D eigenvalue weighted by Gasteiger charge is 2.08. The highest BCUT2D eigenvalue weighted by atomic mass is 16.1. The normalized spacial score (nSPS) is 15.7. The van der Waals surface area contributed by atoms with Crippen LogP contribution in [0.1, 0.15) is 12.0 Å². The summed E-state index contributed by atoms with van der Waals surface area (Å²) in [5, 5.41) is 0. The lowest BCUT2D eigenvalue weighted by atomic mass is 10.0. The first-order valence-electron chi connectivity index (χ1n) is 4.18. The van der Waals surface area contributed by atoms with E-state index in [0.29, 0.717) is 6.42 Å². The van der Waals surface area contributed by atoms with E-state index in [9.17, 15) is 4.79 Å². The third kappa shape index (κ3) is 1.72. The van der Waals surface area contributed by atoms with Gasteiger partial charge in [0.1, 0.15) is 0 Å². The van der Waals surface area contributed by atoms with Gasteiger partial charge in [0.25, 0.3) is 0 Å². The Morgan fingerprint density at radius 1 is 1.15 bits per heavy atom. The van der Waals surface area contributed by atoms with E-state index in [1.807, 2.05) is 36.4 Å². The number of dihydropyridines is 1. The molecule has 1 aliphatic rings. The fourth-order valence-electron chi connectivity index (χ4n) is 1.33. The second-order valence-corrected chi connectivity index (χ2v) is 2.91. The Balaban J connectivity index is 2.33. The molecule has 2 heteroatoms. The number of hydrogen-bond acceptors (Lipinski definition) is 1. The minimum atomic E-state index is -0.0682. The number of amides is 1. The maximum absolute atomic E-state index is 11.0. The second kappa shape index (κ2) is 3.35. The molecule has 0 unspecified atom stereocenters. The van der Waals surface area contributed by atoms with E-state index in [1.54, 1.807) is 6.21 Å². The van der Waals surface area contributed by atoms with E-state index in [-0.39, 0.29) is 5.91 Å². The van der Waals surface area contributed by atoms with Crippen molar-refractivity contribution in [3.63, 3.8) is 0 Å². The van der Waals surface area contributed by atoms with Gasteiger partial charge >= 0.3 is 0 Å². The Morgan fingerprint density at radius 3 is 2.62 bits per heavy atom. The lowest BCUT2D eigenvalue weighted by Gasteiger charge is -2.06. The van der Waals surface area contributed by atoms with Crippen molar-refractivity contribution in [2.24, 2.45) is 4.99 Å². The molecule has 0 saturated carbocycles. The average molecular weight is 171 g/mol. The molecule has 64 valence electrons. The third-order valence-electron chi connectivity index (χ3n) is 1.98. The summed E-state index contributed by atoms with van der Waals surface area (Å²) in [5.41, 5.74) is 2.14. The van der Waals surface area contributed by atoms with Crippen molar-refractivity contribution in [3.8, 4) is 0 Å². The molecule has 0 aromatic heterocycles. The number of rotatable bonds is 1. The Kier molecular flexibility index (Phi) is 2.04. The van der Waals surface area contributed by atoms with Crippen molar-refractivity contribution in [3.05, 3.63) is 42.0 Å². The first-order valence-corrected chi connectivity index (χ1v) is 4.18. The molecule has 0 saturated heterocycles. The molecule has 1 heterocycles. The van der Waals surface area contributed by atoms with Crippen LogP contribution in [0.15, 0.2) is 41.4 Å². The summed E-state index contributed by atoms with van der Waals surface area (Å²) < 4.78 is 0. The third-order valence-corrected chi connectivity index (χ3v) is 1.98. The van der Waals surface area contributed by atoms with Gasteiger partial charge in [0.2, 0.25) is 5.91 Å². The molecule has 0 bridgehead atoms. The van der Waals surface area contributed by atoms with E-state index < -0.39 is 0 Å². The maximum Gasteiger partial charge on any atom is 0.250 e. The molecule has 1 aliphatic heterocycles. The highest BCUT2D eigenvalue weighted by molar-refractivity contribution is 6.03. The quantitative estimate of drug-likeness (QED) is 0.636. The Labute approximate surface area is 76.6 Å². The van der Waals surface area contributed by atoms with Crippen LogP contribution in [-0.2, 0) is 4.79 Å². The predicted octanol–water partition coefficient (Wildman–Crippen LogP) is 2.07. The van der Waals surface area contributed by atoms with Gasteiger partial charge in [0.05, 0.1) is 6.42 Å². The molecule has 1 amide bonds. The summed E-state index contributed by atoms with van der Waals surface area (Å²) in [6.45, 7) is 0. The highest BCUT2D eigenvalue weighted by Crippen LogP contribution is 2.19. The molecular weight excluding hydrogens is 162 g/mol. The number of allylic oxidation sites excluding steroid dienone is 1. The standard InChI is InChI=1S/C11H9NO/c13-11-8-10(6-7-12-11)9-4-2-1-3-5-9/h1-7H,8H2. The van der Waals surface area contributed by atoms with Crippen LogP contribution >= 0.6 is 0 Å². The zero-order chi connectivity index (χ0) is 9.10. The lowest BCUT2D eigenvalue weighted by molar-refractivity contribution is -0.116. The summed E-state index contributed by atoms with van der Waals surface area (Å²) in [4.78, 5) is 14.7. The number of nitrogens with zero attached hydrogens (tertiary/aromatic N) is 1. The molecule has 0 aliphatic carbocycles. The van der Waals surface area contributed by atoms with Crippen molar-refractivity contribution in [1.29, 1.82) is 0 Å². The van der Waals surface area contributed by atoms with Crippen LogP contribution in [-0.4, -0.2) is 12.1 Å². The van der Waals surface area contributed by atoms with Gasteiger partial charge in [0, 0.05) is 6.21 Å². The van der Waals surface area contributed by atoms with Gasteiger partial charge in [-0.15, -0.1) is 0 Å². The van der Waals surface area contributed by atoms with Crippen LogP contribution in [0, 0.1) is 0 Å². The molecule has 0 radical (unpaired) electrons. The van der Waals surface area contributed by atoms with Crippen LogP contribution in [0.2, 0.25) is 0 Å². The molecular formula is C11H9NO. The summed E-state index contributed by atoms with van der Waals surface area (Å²) in [6, 6.07) is 9.89. The summed E-state index contributed by atoms with van der Waals surface area (Å²) in [7, 11) is 0. The average Bonchev–Trinajstić information content (AvgIpc) is 2.19. The number of carbonyl (C=O) groups excluding carboxylic acids is 1. The summed E-state index contributed by atoms with van der Waals surface area (Å²) in [5.74, 6) is -0.0682. The van der Waals surface area contributed by atoms with E-state index in [4.69, 9.17) is 0 Å². The maximum atomic E-state index is 11.0. The second-order valence-electron chi connectivity index (χ2n) is 2.91. The zero-order valence-electron chi connectivity index (χ0n) is 7.10. The number of benzene rings is 1. The first-order chi connectivity index (χ1) is 6.36. The van der Waals surface area contributed by atoms with E-state index >= 15 is 0 Å². The first kappa shape index (κ1) is 7.92. The Hall–Kier alpha value is -1.70. The van der Waals surface area contributed by atoms with Gasteiger partial charge in [-0.2, -0.15) is 0 Å². The van der Waals surface area contributed by atoms with Crippen LogP contribution in [0.25, 0.3) is 5.57 Å². The number of hydrogen-bond donors (Lipinski definition) is 0. The molecule has 1 aromatic carbocycles. The smallest absolute Gasteiger partial charge is 0.250 e. The largest absolute Gasteiger partial charge is 0.272 e. The summed E-state index contributed by atoms with van der Waals surface area (Å²) >= 11 is 0. The molecule has 0 spiro atoms. The fourth-order valence-corrected chi connectivity index (χ4v) is 1.33. The van der Waals surface area contributed by atoms with Crippen molar-refractivity contribution >= 4 is 17.7 Å².